The van der Waals surface area contributed by atoms with Crippen LogP contribution in [-0.4, -0.2) is 117 Å². The first kappa shape index (κ1) is 37.4. The van der Waals surface area contributed by atoms with Gasteiger partial charge in [-0.3, -0.25) is 14.4 Å². The molecule has 0 heterocycles. The van der Waals surface area contributed by atoms with Gasteiger partial charge in [0, 0.05) is 93.0 Å². The van der Waals surface area contributed by atoms with E-state index in [9.17, 15) is 0 Å². The molecule has 0 bridgehead atoms. The van der Waals surface area contributed by atoms with Gasteiger partial charge in [0.1, 0.15) is 0 Å². The van der Waals surface area contributed by atoms with Gasteiger partial charge in [-0.2, -0.15) is 0 Å². The molecule has 0 atom stereocenters. The van der Waals surface area contributed by atoms with Crippen molar-refractivity contribution in [3.63, 3.8) is 0 Å². The zero-order chi connectivity index (χ0) is 16.3. The van der Waals surface area contributed by atoms with Crippen LogP contribution in [0, 0.1) is 0 Å². The minimum absolute atomic E-state index is 0. The molecule has 9 nitrogen and oxygen atoms in total. The van der Waals surface area contributed by atoms with E-state index in [0.29, 0.717) is 13.1 Å². The molecular formula is C10H24MgN2NaO7. The Morgan fingerprint density at radius 1 is 0.905 bits per heavy atom. The van der Waals surface area contributed by atoms with Crippen LogP contribution in [0.25, 0.3) is 0 Å². The van der Waals surface area contributed by atoms with Gasteiger partial charge in [0.2, 0.25) is 0 Å². The molecule has 0 spiro atoms. The summed E-state index contributed by atoms with van der Waals surface area (Å²) < 4.78 is 0. The van der Waals surface area contributed by atoms with Crippen molar-refractivity contribution in [3.05, 3.63) is 0 Å². The minimum Gasteiger partial charge on any atom is -0.481 e. The second kappa shape index (κ2) is 36.9. The molecule has 3 radical (unpaired) electrons. The molecule has 0 aromatic rings. The van der Waals surface area contributed by atoms with E-state index in [0.717, 1.165) is 27.3 Å². The van der Waals surface area contributed by atoms with Crippen molar-refractivity contribution in [2.45, 2.75) is 20.8 Å². The number of aliphatic hydroxyl groups is 1. The first-order valence-electron chi connectivity index (χ1n) is 5.21. The average molecular weight is 332 g/mol. The van der Waals surface area contributed by atoms with E-state index in [-0.39, 0.29) is 59.2 Å². The SMILES string of the molecule is CC(=O)O.CC(=O)O.CC(=O)O.NCCNCCO.[Mg].[Na]. The van der Waals surface area contributed by atoms with Gasteiger partial charge in [-0.15, -0.1) is 0 Å². The molecule has 0 fully saturated rings. The molecule has 0 amide bonds. The van der Waals surface area contributed by atoms with Gasteiger partial charge in [0.05, 0.1) is 6.61 Å². The summed E-state index contributed by atoms with van der Waals surface area (Å²) in [4.78, 5) is 27.0. The first-order valence-corrected chi connectivity index (χ1v) is 5.21. The number of aliphatic carboxylic acids is 3. The van der Waals surface area contributed by atoms with Crippen molar-refractivity contribution in [1.82, 2.24) is 5.32 Å². The second-order valence-electron chi connectivity index (χ2n) is 2.82. The summed E-state index contributed by atoms with van der Waals surface area (Å²) in [5, 5.41) is 33.3. The summed E-state index contributed by atoms with van der Waals surface area (Å²) in [6.45, 7) is 5.53. The van der Waals surface area contributed by atoms with Crippen molar-refractivity contribution >= 4 is 70.5 Å². The predicted octanol–water partition coefficient (Wildman–Crippen LogP) is -1.96. The fraction of sp³-hybridized carbons (Fsp3) is 0.700. The fourth-order valence-electron chi connectivity index (χ4n) is 0.306. The van der Waals surface area contributed by atoms with Gasteiger partial charge in [0.15, 0.2) is 0 Å². The van der Waals surface area contributed by atoms with Crippen molar-refractivity contribution < 1.29 is 34.8 Å². The molecule has 21 heavy (non-hydrogen) atoms. The Morgan fingerprint density at radius 3 is 1.29 bits per heavy atom. The summed E-state index contributed by atoms with van der Waals surface area (Å²) in [6.07, 6.45) is 0. The first-order chi connectivity index (χ1) is 8.61. The van der Waals surface area contributed by atoms with Crippen LogP contribution in [0.1, 0.15) is 20.8 Å². The van der Waals surface area contributed by atoms with E-state index in [1.54, 1.807) is 0 Å². The normalized spacial score (nSPS) is 6.71. The molecule has 0 aliphatic rings. The third kappa shape index (κ3) is 397. The number of carboxylic acid groups (broad SMARTS) is 3. The van der Waals surface area contributed by atoms with Crippen LogP contribution < -0.4 is 11.1 Å². The topological polar surface area (TPSA) is 170 Å². The second-order valence-corrected chi connectivity index (χ2v) is 2.82. The molecule has 0 rings (SSSR count). The number of hydrogen-bond acceptors (Lipinski definition) is 6. The molecule has 0 aliphatic carbocycles. The maximum absolute atomic E-state index is 9.00. The third-order valence-corrected chi connectivity index (χ3v) is 0.610. The van der Waals surface area contributed by atoms with Crippen LogP contribution in [-0.2, 0) is 14.4 Å². The zero-order valence-corrected chi connectivity index (χ0v) is 16.5. The fourth-order valence-corrected chi connectivity index (χ4v) is 0.306. The number of carbonyl (C=O) groups is 3. The van der Waals surface area contributed by atoms with Gasteiger partial charge in [-0.05, 0) is 0 Å². The van der Waals surface area contributed by atoms with Crippen molar-refractivity contribution in [2.24, 2.45) is 5.73 Å². The molecular weight excluding hydrogens is 307 g/mol. The van der Waals surface area contributed by atoms with Crippen LogP contribution >= 0.6 is 0 Å². The quantitative estimate of drug-likeness (QED) is 0.253. The van der Waals surface area contributed by atoms with Crippen molar-refractivity contribution in [3.8, 4) is 0 Å². The van der Waals surface area contributed by atoms with Crippen molar-refractivity contribution in [1.29, 1.82) is 0 Å². The maximum Gasteiger partial charge on any atom is 0.300 e. The molecule has 0 saturated carbocycles. The summed E-state index contributed by atoms with van der Waals surface area (Å²) in [5.41, 5.74) is 5.13. The number of rotatable bonds is 4. The smallest absolute Gasteiger partial charge is 0.300 e. The number of aliphatic hydroxyl groups excluding tert-OH is 1. The van der Waals surface area contributed by atoms with Gasteiger partial charge < -0.3 is 31.5 Å². The van der Waals surface area contributed by atoms with Crippen LogP contribution in [0.5, 0.6) is 0 Å². The Morgan fingerprint density at radius 2 is 1.14 bits per heavy atom. The maximum atomic E-state index is 9.00. The Hall–Kier alpha value is 0.0562. The van der Waals surface area contributed by atoms with Gasteiger partial charge in [0.25, 0.3) is 17.9 Å². The summed E-state index contributed by atoms with van der Waals surface area (Å²) in [6, 6.07) is 0. The molecule has 0 aromatic carbocycles. The summed E-state index contributed by atoms with van der Waals surface area (Å²) in [7, 11) is 0. The molecule has 11 heteroatoms. The molecule has 0 saturated heterocycles. The largest absolute Gasteiger partial charge is 0.481 e. The van der Waals surface area contributed by atoms with Crippen LogP contribution in [0.3, 0.4) is 0 Å². The predicted molar refractivity (Wildman–Crippen MR) is 80.4 cm³/mol. The van der Waals surface area contributed by atoms with E-state index in [4.69, 9.17) is 40.5 Å². The Kier molecular flexibility index (Phi) is 65.6. The zero-order valence-electron chi connectivity index (χ0n) is 13.1. The molecule has 0 unspecified atom stereocenters. The monoisotopic (exact) mass is 331 g/mol. The van der Waals surface area contributed by atoms with Crippen LogP contribution in [0.15, 0.2) is 0 Å². The van der Waals surface area contributed by atoms with E-state index in [1.807, 2.05) is 0 Å². The van der Waals surface area contributed by atoms with E-state index in [2.05, 4.69) is 5.32 Å². The molecule has 0 aromatic heterocycles. The number of nitrogens with two attached hydrogens (primary N) is 1. The van der Waals surface area contributed by atoms with Gasteiger partial charge >= 0.3 is 0 Å². The number of carboxylic acids is 3. The standard InChI is InChI=1S/C4H12N2O.3C2H4O2.Mg.Na/c5-1-2-6-3-4-7;3*1-2(3)4;;/h6-7H,1-5H2;3*1H3,(H,3,4);;. The van der Waals surface area contributed by atoms with Crippen molar-refractivity contribution in [2.75, 3.05) is 26.2 Å². The van der Waals surface area contributed by atoms with Crippen LogP contribution in [0.2, 0.25) is 0 Å². The summed E-state index contributed by atoms with van der Waals surface area (Å²) in [5.74, 6) is -2.50. The average Bonchev–Trinajstić information content (AvgIpc) is 2.15. The minimum atomic E-state index is -0.833. The Bertz CT molecular complexity index is 189. The molecule has 119 valence electrons. The van der Waals surface area contributed by atoms with Gasteiger partial charge in [-0.25, -0.2) is 0 Å². The Balaban J connectivity index is -0.0000000359. The van der Waals surface area contributed by atoms with E-state index < -0.39 is 17.9 Å². The molecule has 7 N–H and O–H groups in total. The van der Waals surface area contributed by atoms with Crippen LogP contribution in [0.4, 0.5) is 0 Å². The molecule has 0 aliphatic heterocycles. The summed E-state index contributed by atoms with van der Waals surface area (Å²) >= 11 is 0. The van der Waals surface area contributed by atoms with E-state index in [1.165, 1.54) is 0 Å². The third-order valence-electron chi connectivity index (χ3n) is 0.610. The number of hydrogen-bond donors (Lipinski definition) is 6. The number of nitrogens with one attached hydrogen (secondary N) is 1. The Labute approximate surface area is 162 Å². The van der Waals surface area contributed by atoms with E-state index >= 15 is 0 Å². The van der Waals surface area contributed by atoms with Gasteiger partial charge in [-0.1, -0.05) is 0 Å².